The number of anilines is 1. The molecule has 1 saturated heterocycles. The molecular formula is C19H14Cl2N2O4. The summed E-state index contributed by atoms with van der Waals surface area (Å²) in [5, 5.41) is 3.01. The number of amides is 4. The summed E-state index contributed by atoms with van der Waals surface area (Å²) < 4.78 is 5.41. The molecule has 0 bridgehead atoms. The van der Waals surface area contributed by atoms with Crippen LogP contribution in [0.2, 0.25) is 10.0 Å². The average molecular weight is 405 g/mol. The molecular weight excluding hydrogens is 391 g/mol. The van der Waals surface area contributed by atoms with E-state index in [9.17, 15) is 14.4 Å². The maximum Gasteiger partial charge on any atom is 0.335 e. The Bertz CT molecular complexity index is 955. The van der Waals surface area contributed by atoms with Gasteiger partial charge >= 0.3 is 6.03 Å². The second kappa shape index (κ2) is 7.82. The molecule has 138 valence electrons. The first-order valence-electron chi connectivity index (χ1n) is 7.99. The van der Waals surface area contributed by atoms with Crippen molar-refractivity contribution < 1.29 is 19.1 Å². The summed E-state index contributed by atoms with van der Waals surface area (Å²) in [5.74, 6) is -1.02. The highest BCUT2D eigenvalue weighted by atomic mass is 35.5. The number of hydrogen-bond donors (Lipinski definition) is 1. The monoisotopic (exact) mass is 404 g/mol. The van der Waals surface area contributed by atoms with Crippen LogP contribution >= 0.6 is 23.2 Å². The number of carbonyl (C=O) groups is 3. The summed E-state index contributed by atoms with van der Waals surface area (Å²) in [6.07, 6.45) is 1.36. The maximum atomic E-state index is 12.8. The predicted octanol–water partition coefficient (Wildman–Crippen LogP) is 4.06. The van der Waals surface area contributed by atoms with Gasteiger partial charge in [-0.1, -0.05) is 23.2 Å². The number of nitrogens with one attached hydrogen (secondary N) is 1. The van der Waals surface area contributed by atoms with Crippen molar-refractivity contribution >= 4 is 52.8 Å². The van der Waals surface area contributed by atoms with Crippen molar-refractivity contribution in [1.82, 2.24) is 5.32 Å². The smallest absolute Gasteiger partial charge is 0.335 e. The SMILES string of the molecule is CCOc1cc(Cl)cc(/C=C2\C(=O)NC(=O)N(c3ccc(Cl)cc3)C2=O)c1. The van der Waals surface area contributed by atoms with Crippen LogP contribution < -0.4 is 15.0 Å². The van der Waals surface area contributed by atoms with E-state index in [1.165, 1.54) is 18.2 Å². The fraction of sp³-hybridized carbons (Fsp3) is 0.105. The van der Waals surface area contributed by atoms with Crippen LogP contribution in [0.25, 0.3) is 6.08 Å². The first-order chi connectivity index (χ1) is 12.9. The second-order valence-corrected chi connectivity index (χ2v) is 6.46. The summed E-state index contributed by atoms with van der Waals surface area (Å²) in [7, 11) is 0. The van der Waals surface area contributed by atoms with Gasteiger partial charge in [0.15, 0.2) is 0 Å². The molecule has 0 atom stereocenters. The van der Waals surface area contributed by atoms with E-state index >= 15 is 0 Å². The number of halogens is 2. The summed E-state index contributed by atoms with van der Waals surface area (Å²) in [6, 6.07) is 10.1. The van der Waals surface area contributed by atoms with Crippen LogP contribution in [0.4, 0.5) is 10.5 Å². The standard InChI is InChI=1S/C19H14Cl2N2O4/c1-2-27-15-8-11(7-13(21)10-15)9-16-17(24)22-19(26)23(18(16)25)14-5-3-12(20)4-6-14/h3-10H,2H2,1H3,(H,22,24,26)/b16-9+. The van der Waals surface area contributed by atoms with Crippen molar-refractivity contribution in [3.05, 3.63) is 63.6 Å². The first kappa shape index (κ1) is 18.9. The Hall–Kier alpha value is -2.83. The van der Waals surface area contributed by atoms with Crippen molar-refractivity contribution in [1.29, 1.82) is 0 Å². The molecule has 1 heterocycles. The van der Waals surface area contributed by atoms with Gasteiger partial charge in [0.05, 0.1) is 12.3 Å². The molecule has 27 heavy (non-hydrogen) atoms. The average Bonchev–Trinajstić information content (AvgIpc) is 2.60. The number of carbonyl (C=O) groups excluding carboxylic acids is 3. The third-order valence-corrected chi connectivity index (χ3v) is 4.17. The van der Waals surface area contributed by atoms with Gasteiger partial charge in [0, 0.05) is 10.0 Å². The van der Waals surface area contributed by atoms with Gasteiger partial charge in [-0.2, -0.15) is 0 Å². The number of imide groups is 2. The number of nitrogens with zero attached hydrogens (tertiary/aromatic N) is 1. The van der Waals surface area contributed by atoms with Gasteiger partial charge in [0.25, 0.3) is 11.8 Å². The number of urea groups is 1. The lowest BCUT2D eigenvalue weighted by molar-refractivity contribution is -0.122. The molecule has 1 aliphatic heterocycles. The highest BCUT2D eigenvalue weighted by Gasteiger charge is 2.36. The van der Waals surface area contributed by atoms with Crippen molar-refractivity contribution in [2.75, 3.05) is 11.5 Å². The van der Waals surface area contributed by atoms with Crippen LogP contribution in [-0.2, 0) is 9.59 Å². The first-order valence-corrected chi connectivity index (χ1v) is 8.75. The van der Waals surface area contributed by atoms with Crippen LogP contribution in [0.1, 0.15) is 12.5 Å². The van der Waals surface area contributed by atoms with E-state index in [-0.39, 0.29) is 5.57 Å². The Morgan fingerprint density at radius 3 is 2.41 bits per heavy atom. The van der Waals surface area contributed by atoms with E-state index in [2.05, 4.69) is 5.32 Å². The molecule has 6 nitrogen and oxygen atoms in total. The zero-order valence-corrected chi connectivity index (χ0v) is 15.7. The van der Waals surface area contributed by atoms with Gasteiger partial charge in [-0.3, -0.25) is 14.9 Å². The summed E-state index contributed by atoms with van der Waals surface area (Å²) in [4.78, 5) is 38.1. The van der Waals surface area contributed by atoms with Crippen molar-refractivity contribution in [2.45, 2.75) is 6.92 Å². The molecule has 8 heteroatoms. The van der Waals surface area contributed by atoms with Crippen LogP contribution in [0.3, 0.4) is 0 Å². The van der Waals surface area contributed by atoms with E-state index in [0.29, 0.717) is 33.7 Å². The molecule has 1 aliphatic rings. The Balaban J connectivity index is 2.00. The van der Waals surface area contributed by atoms with E-state index in [4.69, 9.17) is 27.9 Å². The number of ether oxygens (including phenoxy) is 1. The third-order valence-electron chi connectivity index (χ3n) is 3.70. The summed E-state index contributed by atoms with van der Waals surface area (Å²) in [5.41, 5.74) is 0.588. The van der Waals surface area contributed by atoms with Crippen molar-refractivity contribution in [3.8, 4) is 5.75 Å². The van der Waals surface area contributed by atoms with Crippen LogP contribution in [0.15, 0.2) is 48.0 Å². The molecule has 0 aliphatic carbocycles. The lowest BCUT2D eigenvalue weighted by atomic mass is 10.1. The lowest BCUT2D eigenvalue weighted by Gasteiger charge is -2.26. The van der Waals surface area contributed by atoms with Gasteiger partial charge in [-0.15, -0.1) is 0 Å². The molecule has 2 aromatic carbocycles. The predicted molar refractivity (Wildman–Crippen MR) is 103 cm³/mol. The number of rotatable bonds is 4. The minimum absolute atomic E-state index is 0.200. The molecule has 0 spiro atoms. The number of benzene rings is 2. The van der Waals surface area contributed by atoms with Crippen molar-refractivity contribution in [3.63, 3.8) is 0 Å². The summed E-state index contributed by atoms with van der Waals surface area (Å²) >= 11 is 11.9. The van der Waals surface area contributed by atoms with Gasteiger partial charge in [0.1, 0.15) is 11.3 Å². The zero-order chi connectivity index (χ0) is 19.6. The van der Waals surface area contributed by atoms with Gasteiger partial charge in [0.2, 0.25) is 0 Å². The zero-order valence-electron chi connectivity index (χ0n) is 14.2. The molecule has 2 aromatic rings. The molecule has 1 fully saturated rings. The lowest BCUT2D eigenvalue weighted by Crippen LogP contribution is -2.54. The molecule has 1 N–H and O–H groups in total. The largest absolute Gasteiger partial charge is 0.494 e. The number of hydrogen-bond acceptors (Lipinski definition) is 4. The van der Waals surface area contributed by atoms with E-state index in [1.807, 2.05) is 6.92 Å². The molecule has 0 saturated carbocycles. The minimum Gasteiger partial charge on any atom is -0.494 e. The second-order valence-electron chi connectivity index (χ2n) is 5.59. The normalized spacial score (nSPS) is 15.9. The Kier molecular flexibility index (Phi) is 5.48. The topological polar surface area (TPSA) is 75.7 Å². The highest BCUT2D eigenvalue weighted by molar-refractivity contribution is 6.39. The Morgan fingerprint density at radius 2 is 1.74 bits per heavy atom. The quantitative estimate of drug-likeness (QED) is 0.615. The fourth-order valence-electron chi connectivity index (χ4n) is 2.57. The van der Waals surface area contributed by atoms with Gasteiger partial charge < -0.3 is 4.74 Å². The van der Waals surface area contributed by atoms with Crippen molar-refractivity contribution in [2.24, 2.45) is 0 Å². The molecule has 0 radical (unpaired) electrons. The van der Waals surface area contributed by atoms with Crippen LogP contribution in [0, 0.1) is 0 Å². The molecule has 0 aromatic heterocycles. The Morgan fingerprint density at radius 1 is 1.04 bits per heavy atom. The highest BCUT2D eigenvalue weighted by Crippen LogP contribution is 2.26. The van der Waals surface area contributed by atoms with E-state index < -0.39 is 17.8 Å². The molecule has 3 rings (SSSR count). The maximum absolute atomic E-state index is 12.8. The molecule has 4 amide bonds. The van der Waals surface area contributed by atoms with E-state index in [0.717, 1.165) is 4.90 Å². The van der Waals surface area contributed by atoms with E-state index in [1.54, 1.807) is 30.3 Å². The Labute approximate surface area is 165 Å². The molecule has 0 unspecified atom stereocenters. The fourth-order valence-corrected chi connectivity index (χ4v) is 2.93. The van der Waals surface area contributed by atoms with Gasteiger partial charge in [-0.25, -0.2) is 9.69 Å². The minimum atomic E-state index is -0.828. The summed E-state index contributed by atoms with van der Waals surface area (Å²) in [6.45, 7) is 2.27. The van der Waals surface area contributed by atoms with Crippen LogP contribution in [-0.4, -0.2) is 24.5 Å². The van der Waals surface area contributed by atoms with Gasteiger partial charge in [-0.05, 0) is 61.0 Å². The van der Waals surface area contributed by atoms with Crippen LogP contribution in [0.5, 0.6) is 5.75 Å². The number of barbiturate groups is 1. The third kappa shape index (κ3) is 4.13.